The summed E-state index contributed by atoms with van der Waals surface area (Å²) in [4.78, 5) is 4.17. The van der Waals surface area contributed by atoms with E-state index in [0.29, 0.717) is 5.75 Å². The minimum Gasteiger partial charge on any atom is -0.483 e. The van der Waals surface area contributed by atoms with Crippen molar-refractivity contribution in [1.82, 2.24) is 4.98 Å². The number of rotatable bonds is 4. The van der Waals surface area contributed by atoms with Crippen LogP contribution in [0, 0.1) is 5.82 Å². The lowest BCUT2D eigenvalue weighted by Crippen LogP contribution is -2.19. The van der Waals surface area contributed by atoms with E-state index >= 15 is 0 Å². The van der Waals surface area contributed by atoms with Gasteiger partial charge in [-0.2, -0.15) is 0 Å². The Kier molecular flexibility index (Phi) is 4.12. The summed E-state index contributed by atoms with van der Waals surface area (Å²) in [6.45, 7) is 0.270. The molecule has 1 aromatic heterocycles. The van der Waals surface area contributed by atoms with E-state index in [1.807, 2.05) is 18.2 Å². The molecule has 3 nitrogen and oxygen atoms in total. The van der Waals surface area contributed by atoms with Gasteiger partial charge in [0.15, 0.2) is 6.10 Å². The van der Waals surface area contributed by atoms with Crippen LogP contribution in [0.25, 0.3) is 0 Å². The maximum absolute atomic E-state index is 13.0. The number of hydrogen-bond donors (Lipinski definition) is 1. The molecule has 18 heavy (non-hydrogen) atoms. The molecule has 0 radical (unpaired) electrons. The second-order valence-electron chi connectivity index (χ2n) is 3.67. The quantitative estimate of drug-likeness (QED) is 0.926. The Balaban J connectivity index is 2.18. The smallest absolute Gasteiger partial charge is 0.153 e. The average molecular weight is 267 g/mol. The van der Waals surface area contributed by atoms with E-state index in [-0.39, 0.29) is 17.7 Å². The van der Waals surface area contributed by atoms with Crippen LogP contribution in [0.15, 0.2) is 42.6 Å². The molecule has 1 unspecified atom stereocenters. The number of nitrogens with zero attached hydrogens (tertiary/aromatic N) is 1. The minimum atomic E-state index is -0.480. The Morgan fingerprint density at radius 1 is 1.33 bits per heavy atom. The summed E-state index contributed by atoms with van der Waals surface area (Å²) < 4.78 is 18.7. The number of hydrogen-bond acceptors (Lipinski definition) is 3. The third-order valence-electron chi connectivity index (χ3n) is 2.40. The first-order valence-electron chi connectivity index (χ1n) is 5.43. The van der Waals surface area contributed by atoms with E-state index in [4.69, 9.17) is 22.1 Å². The molecule has 1 atom stereocenters. The first-order valence-corrected chi connectivity index (χ1v) is 5.81. The van der Waals surface area contributed by atoms with Crippen LogP contribution in [0.5, 0.6) is 5.75 Å². The Morgan fingerprint density at radius 3 is 2.78 bits per heavy atom. The highest BCUT2D eigenvalue weighted by Crippen LogP contribution is 2.25. The lowest BCUT2D eigenvalue weighted by molar-refractivity contribution is 0.209. The predicted octanol–water partition coefficient (Wildman–Crippen LogP) is 2.95. The van der Waals surface area contributed by atoms with Gasteiger partial charge >= 0.3 is 0 Å². The fraction of sp³-hybridized carbons (Fsp3) is 0.154. The van der Waals surface area contributed by atoms with Crippen LogP contribution in [-0.2, 0) is 0 Å². The molecule has 0 fully saturated rings. The van der Waals surface area contributed by atoms with Gasteiger partial charge in [0.25, 0.3) is 0 Å². The Labute approximate surface area is 109 Å². The summed E-state index contributed by atoms with van der Waals surface area (Å²) in [5.74, 6) is -0.0198. The lowest BCUT2D eigenvalue weighted by Gasteiger charge is -2.17. The maximum atomic E-state index is 13.0. The summed E-state index contributed by atoms with van der Waals surface area (Å²) in [6.07, 6.45) is 1.28. The van der Waals surface area contributed by atoms with Crippen molar-refractivity contribution >= 4 is 11.6 Å². The molecule has 2 rings (SSSR count). The molecule has 0 aliphatic carbocycles. The highest BCUT2D eigenvalue weighted by atomic mass is 35.5. The number of halogens is 2. The van der Waals surface area contributed by atoms with Gasteiger partial charge in [0.1, 0.15) is 11.6 Å². The summed E-state index contributed by atoms with van der Waals surface area (Å²) in [6, 6.07) is 9.67. The zero-order valence-corrected chi connectivity index (χ0v) is 10.3. The zero-order valence-electron chi connectivity index (χ0n) is 9.51. The Bertz CT molecular complexity index is 522. The Hall–Kier alpha value is -1.65. The van der Waals surface area contributed by atoms with Crippen LogP contribution in [0.4, 0.5) is 4.39 Å². The summed E-state index contributed by atoms with van der Waals surface area (Å²) in [7, 11) is 0. The van der Waals surface area contributed by atoms with Gasteiger partial charge < -0.3 is 10.5 Å². The highest BCUT2D eigenvalue weighted by Gasteiger charge is 2.13. The number of ether oxygens (including phenoxy) is 1. The van der Waals surface area contributed by atoms with Gasteiger partial charge in [0, 0.05) is 18.8 Å². The number of aromatic nitrogens is 1. The zero-order chi connectivity index (χ0) is 13.0. The van der Waals surface area contributed by atoms with Gasteiger partial charge in [-0.3, -0.25) is 4.98 Å². The van der Waals surface area contributed by atoms with Gasteiger partial charge in [-0.25, -0.2) is 4.39 Å². The average Bonchev–Trinajstić information content (AvgIpc) is 2.41. The molecule has 2 N–H and O–H groups in total. The van der Waals surface area contributed by atoms with Crippen molar-refractivity contribution in [3.8, 4) is 5.75 Å². The van der Waals surface area contributed by atoms with E-state index < -0.39 is 5.82 Å². The van der Waals surface area contributed by atoms with Crippen LogP contribution < -0.4 is 10.5 Å². The fourth-order valence-electron chi connectivity index (χ4n) is 1.51. The highest BCUT2D eigenvalue weighted by molar-refractivity contribution is 6.30. The molecule has 0 aliphatic heterocycles. The van der Waals surface area contributed by atoms with Gasteiger partial charge in [0.2, 0.25) is 0 Å². The van der Waals surface area contributed by atoms with E-state index in [2.05, 4.69) is 4.98 Å². The molecule has 5 heteroatoms. The molecule has 0 saturated heterocycles. The molecular weight excluding hydrogens is 255 g/mol. The van der Waals surface area contributed by atoms with Crippen molar-refractivity contribution in [2.75, 3.05) is 6.54 Å². The second kappa shape index (κ2) is 5.80. The van der Waals surface area contributed by atoms with Crippen molar-refractivity contribution < 1.29 is 9.13 Å². The van der Waals surface area contributed by atoms with Crippen LogP contribution in [0.1, 0.15) is 11.8 Å². The number of nitrogens with two attached hydrogens (primary N) is 1. The fourth-order valence-corrected chi connectivity index (χ4v) is 1.68. The van der Waals surface area contributed by atoms with E-state index in [1.54, 1.807) is 6.20 Å². The van der Waals surface area contributed by atoms with Crippen molar-refractivity contribution in [3.05, 3.63) is 59.1 Å². The van der Waals surface area contributed by atoms with Crippen molar-refractivity contribution in [3.63, 3.8) is 0 Å². The SMILES string of the molecule is NCC(Oc1ccc(F)c(Cl)c1)c1ccccn1. The van der Waals surface area contributed by atoms with E-state index in [1.165, 1.54) is 18.2 Å². The van der Waals surface area contributed by atoms with Crippen molar-refractivity contribution in [2.24, 2.45) is 5.73 Å². The van der Waals surface area contributed by atoms with E-state index in [9.17, 15) is 4.39 Å². The minimum absolute atomic E-state index is 0.0179. The monoisotopic (exact) mass is 266 g/mol. The molecule has 0 amide bonds. The van der Waals surface area contributed by atoms with Crippen molar-refractivity contribution in [2.45, 2.75) is 6.10 Å². The molecule has 0 aliphatic rings. The van der Waals surface area contributed by atoms with Crippen LogP contribution in [-0.4, -0.2) is 11.5 Å². The molecule has 0 saturated carbocycles. The first kappa shape index (κ1) is 12.8. The maximum Gasteiger partial charge on any atom is 0.153 e. The molecule has 2 aromatic rings. The van der Waals surface area contributed by atoms with Crippen LogP contribution in [0.3, 0.4) is 0 Å². The summed E-state index contributed by atoms with van der Waals surface area (Å²) in [5, 5.41) is 0.0179. The largest absolute Gasteiger partial charge is 0.483 e. The van der Waals surface area contributed by atoms with Gasteiger partial charge in [0.05, 0.1) is 10.7 Å². The van der Waals surface area contributed by atoms with Gasteiger partial charge in [-0.1, -0.05) is 17.7 Å². The predicted molar refractivity (Wildman–Crippen MR) is 68.1 cm³/mol. The molecule has 1 aromatic carbocycles. The summed E-state index contributed by atoms with van der Waals surface area (Å²) >= 11 is 5.68. The number of benzene rings is 1. The second-order valence-corrected chi connectivity index (χ2v) is 4.08. The summed E-state index contributed by atoms with van der Waals surface area (Å²) in [5.41, 5.74) is 6.37. The van der Waals surface area contributed by atoms with Gasteiger partial charge in [-0.05, 0) is 24.3 Å². The van der Waals surface area contributed by atoms with Crippen LogP contribution >= 0.6 is 11.6 Å². The van der Waals surface area contributed by atoms with Gasteiger partial charge in [-0.15, -0.1) is 0 Å². The topological polar surface area (TPSA) is 48.1 Å². The lowest BCUT2D eigenvalue weighted by atomic mass is 10.2. The molecule has 0 bridgehead atoms. The molecular formula is C13H12ClFN2O. The van der Waals surface area contributed by atoms with Crippen LogP contribution in [0.2, 0.25) is 5.02 Å². The molecule has 0 spiro atoms. The Morgan fingerprint density at radius 2 is 2.17 bits per heavy atom. The van der Waals surface area contributed by atoms with E-state index in [0.717, 1.165) is 5.69 Å². The molecule has 1 heterocycles. The standard InChI is InChI=1S/C13H12ClFN2O/c14-10-7-9(4-5-11(10)15)18-13(8-16)12-3-1-2-6-17-12/h1-7,13H,8,16H2. The number of pyridine rings is 1. The first-order chi connectivity index (χ1) is 8.70. The molecule has 94 valence electrons. The third kappa shape index (κ3) is 2.97. The van der Waals surface area contributed by atoms with Crippen molar-refractivity contribution in [1.29, 1.82) is 0 Å². The third-order valence-corrected chi connectivity index (χ3v) is 2.69. The normalized spacial score (nSPS) is 12.2.